The highest BCUT2D eigenvalue weighted by atomic mass is 19.4. The summed E-state index contributed by atoms with van der Waals surface area (Å²) in [6, 6.07) is 0.142. The molecule has 172 valence electrons. The van der Waals surface area contributed by atoms with Gasteiger partial charge in [-0.2, -0.15) is 13.2 Å². The maximum Gasteiger partial charge on any atom is 0.450 e. The number of fused-ring (bicyclic) bond motifs is 5. The van der Waals surface area contributed by atoms with Crippen LogP contribution in [0.15, 0.2) is 12.2 Å². The van der Waals surface area contributed by atoms with Crippen molar-refractivity contribution in [2.24, 2.45) is 40.4 Å². The van der Waals surface area contributed by atoms with Gasteiger partial charge < -0.3 is 5.32 Å². The van der Waals surface area contributed by atoms with Gasteiger partial charge in [0.25, 0.3) is 0 Å². The molecule has 1 aliphatic heterocycles. The number of carbonyl (C=O) groups excluding carboxylic acids is 3. The van der Waals surface area contributed by atoms with E-state index < -0.39 is 17.9 Å². The number of hydrogen-bond donors (Lipinski definition) is 1. The van der Waals surface area contributed by atoms with Crippen molar-refractivity contribution in [2.75, 3.05) is 0 Å². The quantitative estimate of drug-likeness (QED) is 0.695. The Morgan fingerprint density at radius 1 is 1.13 bits per heavy atom. The van der Waals surface area contributed by atoms with E-state index in [0.29, 0.717) is 24.2 Å². The third-order valence-corrected chi connectivity index (χ3v) is 9.31. The van der Waals surface area contributed by atoms with Crippen LogP contribution in [0.3, 0.4) is 0 Å². The number of nitrogens with one attached hydrogen (secondary N) is 1. The average Bonchev–Trinajstić information content (AvgIpc) is 3.04. The number of alkyl halides is 3. The first kappa shape index (κ1) is 22.5. The zero-order valence-electron chi connectivity index (χ0n) is 18.4. The molecule has 0 aromatic carbocycles. The van der Waals surface area contributed by atoms with Gasteiger partial charge in [0.05, 0.1) is 0 Å². The predicted octanol–water partition coefficient (Wildman–Crippen LogP) is 4.63. The highest BCUT2D eigenvalue weighted by Crippen LogP contribution is 2.65. The van der Waals surface area contributed by atoms with Crippen molar-refractivity contribution >= 4 is 17.5 Å². The molecule has 0 saturated heterocycles. The summed E-state index contributed by atoms with van der Waals surface area (Å²) in [5, 5.41) is 3.13. The SMILES string of the molecule is CC(CC(=O)[C@H]1CC[C@H]2[C@@H]3CC[C@H]4NC(=O)C=C[C@]4(C)[C@H]3CC[C@]12C)C(=O)C(F)(F)F. The van der Waals surface area contributed by atoms with E-state index in [1.165, 1.54) is 6.92 Å². The molecule has 0 spiro atoms. The first-order chi connectivity index (χ1) is 14.4. The van der Waals surface area contributed by atoms with Crippen LogP contribution in [0.4, 0.5) is 13.2 Å². The predicted molar refractivity (Wildman–Crippen MR) is 109 cm³/mol. The van der Waals surface area contributed by atoms with Crippen LogP contribution >= 0.6 is 0 Å². The second-order valence-corrected chi connectivity index (χ2v) is 10.8. The maximum atomic E-state index is 13.1. The zero-order valence-corrected chi connectivity index (χ0v) is 18.4. The van der Waals surface area contributed by atoms with E-state index in [1.54, 1.807) is 6.08 Å². The van der Waals surface area contributed by atoms with Gasteiger partial charge in [0, 0.05) is 29.7 Å². The number of carbonyl (C=O) groups is 3. The van der Waals surface area contributed by atoms with Crippen LogP contribution in [0.2, 0.25) is 0 Å². The van der Waals surface area contributed by atoms with Gasteiger partial charge in [0.2, 0.25) is 11.7 Å². The molecule has 4 rings (SSSR count). The highest BCUT2D eigenvalue weighted by Gasteiger charge is 2.60. The summed E-state index contributed by atoms with van der Waals surface area (Å²) in [5.74, 6) is -2.37. The largest absolute Gasteiger partial charge is 0.450 e. The van der Waals surface area contributed by atoms with Gasteiger partial charge in [-0.25, -0.2) is 0 Å². The molecule has 8 atom stereocenters. The summed E-state index contributed by atoms with van der Waals surface area (Å²) in [5.41, 5.74) is -0.308. The monoisotopic (exact) mass is 439 g/mol. The van der Waals surface area contributed by atoms with Crippen molar-refractivity contribution in [3.8, 4) is 0 Å². The molecule has 3 fully saturated rings. The molecule has 4 nitrogen and oxygen atoms in total. The molecular weight excluding hydrogens is 407 g/mol. The average molecular weight is 440 g/mol. The fourth-order valence-electron chi connectivity index (χ4n) is 7.68. The smallest absolute Gasteiger partial charge is 0.349 e. The van der Waals surface area contributed by atoms with Crippen LogP contribution in [0, 0.1) is 40.4 Å². The number of ketones is 2. The van der Waals surface area contributed by atoms with Crippen molar-refractivity contribution in [3.63, 3.8) is 0 Å². The van der Waals surface area contributed by atoms with Crippen LogP contribution in [0.1, 0.15) is 65.7 Å². The lowest BCUT2D eigenvalue weighted by Crippen LogP contribution is -2.59. The zero-order chi connectivity index (χ0) is 22.8. The highest BCUT2D eigenvalue weighted by molar-refractivity contribution is 5.92. The van der Waals surface area contributed by atoms with Gasteiger partial charge in [0.1, 0.15) is 5.78 Å². The number of halogens is 3. The number of amides is 1. The summed E-state index contributed by atoms with van der Waals surface area (Å²) < 4.78 is 38.3. The first-order valence-electron chi connectivity index (χ1n) is 11.5. The third-order valence-electron chi connectivity index (χ3n) is 9.31. The lowest BCUT2D eigenvalue weighted by atomic mass is 9.47. The number of hydrogen-bond acceptors (Lipinski definition) is 3. The second kappa shape index (κ2) is 7.45. The van der Waals surface area contributed by atoms with Gasteiger partial charge in [0.15, 0.2) is 0 Å². The van der Waals surface area contributed by atoms with E-state index in [1.807, 2.05) is 0 Å². The van der Waals surface area contributed by atoms with Crippen LogP contribution < -0.4 is 5.32 Å². The van der Waals surface area contributed by atoms with Crippen molar-refractivity contribution in [1.82, 2.24) is 5.32 Å². The Hall–Kier alpha value is -1.66. The van der Waals surface area contributed by atoms with Crippen molar-refractivity contribution in [3.05, 3.63) is 12.2 Å². The molecule has 0 bridgehead atoms. The van der Waals surface area contributed by atoms with Crippen molar-refractivity contribution in [2.45, 2.75) is 77.9 Å². The third kappa shape index (κ3) is 3.56. The topological polar surface area (TPSA) is 63.2 Å². The van der Waals surface area contributed by atoms with Crippen LogP contribution in [-0.4, -0.2) is 29.7 Å². The fraction of sp³-hybridized carbons (Fsp3) is 0.792. The van der Waals surface area contributed by atoms with Crippen LogP contribution in [0.5, 0.6) is 0 Å². The molecule has 1 N–H and O–H groups in total. The lowest BCUT2D eigenvalue weighted by molar-refractivity contribution is -0.175. The van der Waals surface area contributed by atoms with Gasteiger partial charge in [-0.1, -0.05) is 26.8 Å². The Balaban J connectivity index is 1.51. The van der Waals surface area contributed by atoms with E-state index in [2.05, 4.69) is 25.2 Å². The minimum Gasteiger partial charge on any atom is -0.349 e. The molecule has 1 heterocycles. The molecule has 0 radical (unpaired) electrons. The van der Waals surface area contributed by atoms with Gasteiger partial charge in [-0.15, -0.1) is 0 Å². The Labute approximate surface area is 181 Å². The number of Topliss-reactive ketones (excluding diaryl/α,β-unsaturated/α-hetero) is 2. The molecule has 4 aliphatic rings. The van der Waals surface area contributed by atoms with Crippen molar-refractivity contribution < 1.29 is 27.6 Å². The summed E-state index contributed by atoms with van der Waals surface area (Å²) in [6.45, 7) is 5.59. The Morgan fingerprint density at radius 2 is 1.84 bits per heavy atom. The van der Waals surface area contributed by atoms with Gasteiger partial charge in [-0.05, 0) is 67.8 Å². The van der Waals surface area contributed by atoms with Gasteiger partial charge in [-0.3, -0.25) is 14.4 Å². The Morgan fingerprint density at radius 3 is 2.52 bits per heavy atom. The number of rotatable bonds is 4. The second-order valence-electron chi connectivity index (χ2n) is 10.8. The van der Waals surface area contributed by atoms with E-state index in [-0.39, 0.29) is 40.9 Å². The maximum absolute atomic E-state index is 13.1. The van der Waals surface area contributed by atoms with E-state index in [9.17, 15) is 27.6 Å². The van der Waals surface area contributed by atoms with E-state index in [4.69, 9.17) is 0 Å². The fourth-order valence-corrected chi connectivity index (χ4v) is 7.68. The van der Waals surface area contributed by atoms with E-state index >= 15 is 0 Å². The van der Waals surface area contributed by atoms with Crippen LogP contribution in [-0.2, 0) is 14.4 Å². The molecule has 1 amide bonds. The Bertz CT molecular complexity index is 821. The summed E-state index contributed by atoms with van der Waals surface area (Å²) >= 11 is 0. The minimum atomic E-state index is -4.89. The normalized spacial score (nSPS) is 42.8. The molecule has 7 heteroatoms. The standard InChI is InChI=1S/C24H32F3NO3/c1-13(21(31)24(25,26)27)12-18(29)17-6-5-15-14-4-7-19-23(3,11-9-20(30)28-19)16(14)8-10-22(15,17)2/h9,11,13-17,19H,4-8,10,12H2,1-3H3,(H,28,30)/t13?,14-,15-,16-,17+,19+,22-,23+/m0/s1. The molecule has 0 aromatic heterocycles. The summed E-state index contributed by atoms with van der Waals surface area (Å²) in [7, 11) is 0. The lowest BCUT2D eigenvalue weighted by Gasteiger charge is -2.58. The van der Waals surface area contributed by atoms with Gasteiger partial charge >= 0.3 is 6.18 Å². The molecule has 3 saturated carbocycles. The molecule has 1 unspecified atom stereocenters. The summed E-state index contributed by atoms with van der Waals surface area (Å²) in [6.07, 6.45) is 3.84. The minimum absolute atomic E-state index is 0.0318. The van der Waals surface area contributed by atoms with Crippen LogP contribution in [0.25, 0.3) is 0 Å². The molecule has 3 aliphatic carbocycles. The Kier molecular flexibility index (Phi) is 5.41. The summed E-state index contributed by atoms with van der Waals surface area (Å²) in [4.78, 5) is 36.4. The molecule has 0 aromatic rings. The van der Waals surface area contributed by atoms with E-state index in [0.717, 1.165) is 32.1 Å². The first-order valence-corrected chi connectivity index (χ1v) is 11.5. The molecular formula is C24H32F3NO3. The van der Waals surface area contributed by atoms with Crippen molar-refractivity contribution in [1.29, 1.82) is 0 Å². The molecule has 31 heavy (non-hydrogen) atoms.